The van der Waals surface area contributed by atoms with E-state index in [0.29, 0.717) is 0 Å². The molecule has 5 heteroatoms. The van der Waals surface area contributed by atoms with Gasteiger partial charge in [-0.25, -0.2) is 13.4 Å². The molecular weight excluding hydrogens is 203 g/mol. The van der Waals surface area contributed by atoms with E-state index in [1.165, 1.54) is 18.2 Å². The fourth-order valence-electron chi connectivity index (χ4n) is 0.703. The van der Waals surface area contributed by atoms with Crippen LogP contribution in [0, 0.1) is 5.82 Å². The van der Waals surface area contributed by atoms with E-state index >= 15 is 0 Å². The molecule has 64 valence electrons. The van der Waals surface area contributed by atoms with Crippen LogP contribution in [-0.2, 0) is 13.5 Å². The monoisotopic (exact) mass is 206 g/mol. The minimum atomic E-state index is -3.49. The summed E-state index contributed by atoms with van der Waals surface area (Å²) in [6, 6.07) is 5.12. The Morgan fingerprint density at radius 3 is 2.50 bits per heavy atom. The Labute approximate surface area is 73.5 Å². The Bertz CT molecular complexity index is 431. The van der Waals surface area contributed by atoms with Gasteiger partial charge in [-0.15, -0.1) is 0 Å². The fraction of sp³-hybridized carbons (Fsp3) is 0. The Kier molecular flexibility index (Phi) is 2.52. The normalized spacial score (nSPS) is 14.8. The van der Waals surface area contributed by atoms with Crippen LogP contribution in [0.15, 0.2) is 29.2 Å². The molecule has 0 amide bonds. The lowest BCUT2D eigenvalue weighted by Gasteiger charge is -1.97. The van der Waals surface area contributed by atoms with Gasteiger partial charge in [0.2, 0.25) is 5.23 Å². The standard InChI is InChI=1S/C7H4ClFO2S/c8-12(11,5-10)7-4-2-1-3-6(7)9/h1-4H. The zero-order chi connectivity index (χ0) is 9.19. The number of rotatable bonds is 1. The van der Waals surface area contributed by atoms with Crippen LogP contribution in [0.25, 0.3) is 0 Å². The molecule has 1 atom stereocenters. The highest BCUT2D eigenvalue weighted by atomic mass is 35.7. The van der Waals surface area contributed by atoms with Crippen molar-refractivity contribution in [2.75, 3.05) is 0 Å². The molecule has 0 fully saturated rings. The number of halogens is 2. The molecule has 12 heavy (non-hydrogen) atoms. The van der Waals surface area contributed by atoms with Crippen molar-refractivity contribution in [1.29, 1.82) is 0 Å². The molecule has 0 aliphatic carbocycles. The quantitative estimate of drug-likeness (QED) is 0.518. The van der Waals surface area contributed by atoms with Crippen LogP contribution in [0.2, 0.25) is 0 Å². The largest absolute Gasteiger partial charge is 0.236 e. The molecule has 0 aliphatic heterocycles. The Morgan fingerprint density at radius 2 is 2.00 bits per heavy atom. The molecule has 1 aromatic rings. The molecule has 1 rings (SSSR count). The lowest BCUT2D eigenvalue weighted by molar-refractivity contribution is 0.569. The Morgan fingerprint density at radius 1 is 1.42 bits per heavy atom. The maximum absolute atomic E-state index is 12.8. The maximum Gasteiger partial charge on any atom is 0.206 e. The Balaban J connectivity index is 3.51. The van der Waals surface area contributed by atoms with Gasteiger partial charge < -0.3 is 0 Å². The number of hydrogen-bond donors (Lipinski definition) is 0. The van der Waals surface area contributed by atoms with E-state index in [4.69, 9.17) is 10.7 Å². The highest BCUT2D eigenvalue weighted by molar-refractivity contribution is 8.21. The molecular formula is C7H4ClFO2S. The van der Waals surface area contributed by atoms with Crippen molar-refractivity contribution >= 4 is 24.7 Å². The zero-order valence-corrected chi connectivity index (χ0v) is 7.36. The average molecular weight is 207 g/mol. The van der Waals surface area contributed by atoms with Crippen LogP contribution in [-0.4, -0.2) is 9.44 Å². The molecule has 0 aliphatic rings. The van der Waals surface area contributed by atoms with Crippen LogP contribution >= 0.6 is 10.7 Å². The van der Waals surface area contributed by atoms with Crippen LogP contribution in [0.4, 0.5) is 4.39 Å². The lowest BCUT2D eigenvalue weighted by Crippen LogP contribution is -1.95. The van der Waals surface area contributed by atoms with Crippen LogP contribution in [0.5, 0.6) is 0 Å². The van der Waals surface area contributed by atoms with Gasteiger partial charge in [0.15, 0.2) is 8.74 Å². The molecule has 2 nitrogen and oxygen atoms in total. The van der Waals surface area contributed by atoms with Gasteiger partial charge in [0, 0.05) is 0 Å². The van der Waals surface area contributed by atoms with Crippen molar-refractivity contribution in [3.8, 4) is 0 Å². The van der Waals surface area contributed by atoms with E-state index in [9.17, 15) is 13.4 Å². The second-order valence-corrected chi connectivity index (χ2v) is 4.88. The summed E-state index contributed by atoms with van der Waals surface area (Å²) in [5.41, 5.74) is 0. The summed E-state index contributed by atoms with van der Waals surface area (Å²) in [5, 5.41) is 1.10. The zero-order valence-electron chi connectivity index (χ0n) is 5.79. The third-order valence-corrected chi connectivity index (χ3v) is 3.03. The first-order valence-corrected chi connectivity index (χ1v) is 5.33. The molecule has 1 unspecified atom stereocenters. The molecule has 1 aromatic carbocycles. The summed E-state index contributed by atoms with van der Waals surface area (Å²) in [5.74, 6) is -0.763. The van der Waals surface area contributed by atoms with Crippen molar-refractivity contribution in [2.45, 2.75) is 4.90 Å². The topological polar surface area (TPSA) is 34.1 Å². The Hall–Kier alpha value is -0.830. The third kappa shape index (κ3) is 1.67. The van der Waals surface area contributed by atoms with Gasteiger partial charge in [-0.1, -0.05) is 12.1 Å². The van der Waals surface area contributed by atoms with E-state index < -0.39 is 14.6 Å². The van der Waals surface area contributed by atoms with Crippen LogP contribution < -0.4 is 0 Å². The van der Waals surface area contributed by atoms with E-state index in [1.54, 1.807) is 0 Å². The molecule has 0 N–H and O–H groups in total. The van der Waals surface area contributed by atoms with Gasteiger partial charge in [-0.3, -0.25) is 0 Å². The number of hydrogen-bond acceptors (Lipinski definition) is 2. The van der Waals surface area contributed by atoms with Crippen molar-refractivity contribution in [3.05, 3.63) is 30.1 Å². The van der Waals surface area contributed by atoms with Crippen LogP contribution in [0.3, 0.4) is 0 Å². The van der Waals surface area contributed by atoms with Crippen molar-refractivity contribution < 1.29 is 13.4 Å². The minimum Gasteiger partial charge on any atom is -0.236 e. The predicted molar refractivity (Wildman–Crippen MR) is 44.4 cm³/mol. The smallest absolute Gasteiger partial charge is 0.206 e. The fourth-order valence-corrected chi connectivity index (χ4v) is 1.74. The number of benzene rings is 1. The minimum absolute atomic E-state index is 0.318. The van der Waals surface area contributed by atoms with Crippen molar-refractivity contribution in [3.63, 3.8) is 0 Å². The highest BCUT2D eigenvalue weighted by Gasteiger charge is 2.12. The summed E-state index contributed by atoms with van der Waals surface area (Å²) in [6.07, 6.45) is 0. The maximum atomic E-state index is 12.8. The second kappa shape index (κ2) is 3.27. The molecule has 0 saturated carbocycles. The summed E-state index contributed by atoms with van der Waals surface area (Å²) < 4.78 is 23.9. The summed E-state index contributed by atoms with van der Waals surface area (Å²) in [6.45, 7) is 0. The van der Waals surface area contributed by atoms with Crippen LogP contribution in [0.1, 0.15) is 0 Å². The molecule has 0 heterocycles. The highest BCUT2D eigenvalue weighted by Crippen LogP contribution is 2.17. The first kappa shape index (κ1) is 9.26. The van der Waals surface area contributed by atoms with Crippen molar-refractivity contribution in [2.24, 2.45) is 0 Å². The van der Waals surface area contributed by atoms with Gasteiger partial charge in [0.25, 0.3) is 0 Å². The van der Waals surface area contributed by atoms with Gasteiger partial charge in [-0.2, -0.15) is 0 Å². The van der Waals surface area contributed by atoms with Gasteiger partial charge in [0.05, 0.1) is 4.90 Å². The summed E-state index contributed by atoms with van der Waals surface area (Å²) in [7, 11) is 1.73. The molecule has 0 radical (unpaired) electrons. The molecule has 0 aromatic heterocycles. The van der Waals surface area contributed by atoms with E-state index in [-0.39, 0.29) is 4.90 Å². The summed E-state index contributed by atoms with van der Waals surface area (Å²) >= 11 is 0. The van der Waals surface area contributed by atoms with Crippen molar-refractivity contribution in [1.82, 2.24) is 0 Å². The molecule has 0 bridgehead atoms. The first-order valence-electron chi connectivity index (χ1n) is 2.95. The molecule has 0 saturated heterocycles. The van der Waals surface area contributed by atoms with E-state index in [0.717, 1.165) is 11.3 Å². The first-order chi connectivity index (χ1) is 5.58. The number of carbonyl (C=O) groups excluding carboxylic acids is 1. The van der Waals surface area contributed by atoms with Gasteiger partial charge in [0.1, 0.15) is 5.82 Å². The predicted octanol–water partition coefficient (Wildman–Crippen LogP) is 1.69. The SMILES string of the molecule is O=C=S(=O)(Cl)c1ccccc1F. The second-order valence-electron chi connectivity index (χ2n) is 2.00. The molecule has 0 spiro atoms. The van der Waals surface area contributed by atoms with E-state index in [2.05, 4.69) is 0 Å². The summed E-state index contributed by atoms with van der Waals surface area (Å²) in [4.78, 5) is 9.76. The lowest BCUT2D eigenvalue weighted by atomic mass is 10.4. The third-order valence-electron chi connectivity index (χ3n) is 1.23. The average Bonchev–Trinajstić information content (AvgIpc) is 2.05. The van der Waals surface area contributed by atoms with Gasteiger partial charge in [-0.05, 0) is 22.8 Å². The van der Waals surface area contributed by atoms with E-state index in [1.807, 2.05) is 0 Å². The van der Waals surface area contributed by atoms with Gasteiger partial charge >= 0.3 is 0 Å².